The molecule has 2 fully saturated rings. The van der Waals surface area contributed by atoms with E-state index >= 15 is 0 Å². The third-order valence-electron chi connectivity index (χ3n) is 4.19. The van der Waals surface area contributed by atoms with Crippen LogP contribution in [0.4, 0.5) is 0 Å². The molecule has 1 aliphatic carbocycles. The Balaban J connectivity index is 2.22. The molecule has 0 aromatic heterocycles. The van der Waals surface area contributed by atoms with Gasteiger partial charge in [0.2, 0.25) is 0 Å². The van der Waals surface area contributed by atoms with Gasteiger partial charge in [-0.1, -0.05) is 19.3 Å². The minimum Gasteiger partial charge on any atom is -0.281 e. The van der Waals surface area contributed by atoms with E-state index in [4.69, 9.17) is 0 Å². The monoisotopic (exact) mass is 302 g/mol. The van der Waals surface area contributed by atoms with Gasteiger partial charge in [0.1, 0.15) is 5.37 Å². The van der Waals surface area contributed by atoms with Crippen molar-refractivity contribution < 1.29 is 8.42 Å². The van der Waals surface area contributed by atoms with Crippen LogP contribution < -0.4 is 0 Å². The van der Waals surface area contributed by atoms with Crippen molar-refractivity contribution in [3.8, 4) is 6.07 Å². The Bertz CT molecular complexity index is 444. The molecule has 4 nitrogen and oxygen atoms in total. The Morgan fingerprint density at radius 2 is 2.00 bits per heavy atom. The van der Waals surface area contributed by atoms with Crippen LogP contribution in [0.25, 0.3) is 0 Å². The molecule has 0 bridgehead atoms. The van der Waals surface area contributed by atoms with Crippen LogP contribution in [0.15, 0.2) is 0 Å². The lowest BCUT2D eigenvalue weighted by Gasteiger charge is -2.41. The normalized spacial score (nSPS) is 34.4. The zero-order valence-electron chi connectivity index (χ0n) is 11.4. The fourth-order valence-corrected chi connectivity index (χ4v) is 6.11. The molecule has 0 aromatic rings. The Morgan fingerprint density at radius 1 is 1.26 bits per heavy atom. The Morgan fingerprint density at radius 3 is 2.68 bits per heavy atom. The highest BCUT2D eigenvalue weighted by molar-refractivity contribution is 8.00. The van der Waals surface area contributed by atoms with Crippen molar-refractivity contribution in [1.29, 1.82) is 5.26 Å². The number of sulfone groups is 1. The summed E-state index contributed by atoms with van der Waals surface area (Å²) in [5.74, 6) is 1.61. The number of hydrogen-bond donors (Lipinski definition) is 0. The van der Waals surface area contributed by atoms with E-state index in [-0.39, 0.29) is 12.0 Å². The maximum Gasteiger partial charge on any atom is 0.164 e. The summed E-state index contributed by atoms with van der Waals surface area (Å²) in [6, 6.07) is 2.55. The van der Waals surface area contributed by atoms with Crippen LogP contribution in [0.2, 0.25) is 0 Å². The first-order valence-electron chi connectivity index (χ1n) is 6.96. The molecular formula is C13H22N2O2S2. The molecule has 1 saturated heterocycles. The van der Waals surface area contributed by atoms with E-state index in [1.54, 1.807) is 11.8 Å². The van der Waals surface area contributed by atoms with Crippen LogP contribution in [-0.2, 0) is 9.84 Å². The first-order valence-corrected chi connectivity index (χ1v) is 10.1. The molecule has 2 aliphatic rings. The van der Waals surface area contributed by atoms with Gasteiger partial charge in [-0.15, -0.1) is 0 Å². The van der Waals surface area contributed by atoms with Crippen molar-refractivity contribution in [2.75, 3.05) is 24.3 Å². The summed E-state index contributed by atoms with van der Waals surface area (Å²) in [5, 5.41) is 8.98. The van der Waals surface area contributed by atoms with Crippen LogP contribution >= 0.6 is 11.8 Å². The summed E-state index contributed by atoms with van der Waals surface area (Å²) in [7, 11) is -3.07. The summed E-state index contributed by atoms with van der Waals surface area (Å²) < 4.78 is 24.0. The van der Waals surface area contributed by atoms with Crippen molar-refractivity contribution in [1.82, 2.24) is 4.90 Å². The van der Waals surface area contributed by atoms with Gasteiger partial charge in [-0.05, 0) is 12.8 Å². The van der Waals surface area contributed by atoms with Gasteiger partial charge in [0, 0.05) is 30.3 Å². The van der Waals surface area contributed by atoms with Gasteiger partial charge < -0.3 is 0 Å². The molecule has 3 atom stereocenters. The molecule has 6 heteroatoms. The first kappa shape index (κ1) is 15.1. The summed E-state index contributed by atoms with van der Waals surface area (Å²) in [5.41, 5.74) is 0. The molecule has 108 valence electrons. The molecule has 0 aromatic carbocycles. The molecule has 3 unspecified atom stereocenters. The van der Waals surface area contributed by atoms with Crippen LogP contribution in [0.3, 0.4) is 0 Å². The van der Waals surface area contributed by atoms with Gasteiger partial charge >= 0.3 is 0 Å². The van der Waals surface area contributed by atoms with E-state index in [1.165, 1.54) is 12.7 Å². The fraction of sp³-hybridized carbons (Fsp3) is 0.923. The third kappa shape index (κ3) is 3.65. The number of hydrogen-bond acceptors (Lipinski definition) is 5. The molecule has 1 heterocycles. The predicted octanol–water partition coefficient (Wildman–Crippen LogP) is 1.88. The quantitative estimate of drug-likeness (QED) is 0.729. The van der Waals surface area contributed by atoms with Gasteiger partial charge in [-0.3, -0.25) is 4.90 Å². The summed E-state index contributed by atoms with van der Waals surface area (Å²) in [4.78, 5) is 2.12. The Labute approximate surface area is 120 Å². The lowest BCUT2D eigenvalue weighted by Crippen LogP contribution is -2.53. The van der Waals surface area contributed by atoms with Crippen molar-refractivity contribution in [2.45, 2.75) is 43.5 Å². The minimum absolute atomic E-state index is 0.00477. The topological polar surface area (TPSA) is 61.2 Å². The second-order valence-corrected chi connectivity index (χ2v) is 8.89. The van der Waals surface area contributed by atoms with Gasteiger partial charge in [0.25, 0.3) is 0 Å². The van der Waals surface area contributed by atoms with E-state index in [0.29, 0.717) is 5.75 Å². The van der Waals surface area contributed by atoms with E-state index in [2.05, 4.69) is 11.0 Å². The van der Waals surface area contributed by atoms with Gasteiger partial charge in [0.15, 0.2) is 9.84 Å². The van der Waals surface area contributed by atoms with Crippen molar-refractivity contribution >= 4 is 21.6 Å². The summed E-state index contributed by atoms with van der Waals surface area (Å²) in [6.07, 6.45) is 6.59. The third-order valence-corrected chi connectivity index (χ3v) is 6.85. The average molecular weight is 302 g/mol. The maximum absolute atomic E-state index is 12.0. The number of rotatable bonds is 2. The highest BCUT2D eigenvalue weighted by atomic mass is 32.2. The van der Waals surface area contributed by atoms with Gasteiger partial charge in [-0.25, -0.2) is 8.42 Å². The van der Waals surface area contributed by atoms with E-state index in [1.807, 2.05) is 0 Å². The lowest BCUT2D eigenvalue weighted by molar-refractivity contribution is 0.150. The first-order chi connectivity index (χ1) is 9.04. The Hall–Kier alpha value is -0.250. The summed E-state index contributed by atoms with van der Waals surface area (Å²) in [6.45, 7) is 0.797. The van der Waals surface area contributed by atoms with E-state index < -0.39 is 15.2 Å². The second kappa shape index (κ2) is 6.47. The molecular weight excluding hydrogens is 280 g/mol. The SMILES string of the molecule is CS(=O)(=O)C1CSCCN1C1CCCCCC1C#N. The number of thioether (sulfide) groups is 1. The average Bonchev–Trinajstić information content (AvgIpc) is 2.62. The van der Waals surface area contributed by atoms with Crippen LogP contribution in [0, 0.1) is 17.2 Å². The second-order valence-electron chi connectivity index (χ2n) is 5.54. The van der Waals surface area contributed by atoms with Gasteiger partial charge in [-0.2, -0.15) is 17.0 Å². The molecule has 1 saturated carbocycles. The zero-order valence-corrected chi connectivity index (χ0v) is 13.0. The molecule has 0 N–H and O–H groups in total. The summed E-state index contributed by atoms with van der Waals surface area (Å²) >= 11 is 1.71. The Kier molecular flexibility index (Phi) is 5.15. The molecule has 1 aliphatic heterocycles. The predicted molar refractivity (Wildman–Crippen MR) is 78.6 cm³/mol. The fourth-order valence-electron chi connectivity index (χ4n) is 3.18. The smallest absolute Gasteiger partial charge is 0.164 e. The van der Waals surface area contributed by atoms with Gasteiger partial charge in [0.05, 0.1) is 12.0 Å². The maximum atomic E-state index is 12.0. The highest BCUT2D eigenvalue weighted by Crippen LogP contribution is 2.32. The highest BCUT2D eigenvalue weighted by Gasteiger charge is 2.38. The largest absolute Gasteiger partial charge is 0.281 e. The molecule has 0 spiro atoms. The lowest BCUT2D eigenvalue weighted by atomic mass is 9.94. The molecule has 0 amide bonds. The van der Waals surface area contributed by atoms with Crippen molar-refractivity contribution in [3.05, 3.63) is 0 Å². The molecule has 19 heavy (non-hydrogen) atoms. The van der Waals surface area contributed by atoms with Crippen LogP contribution in [0.1, 0.15) is 32.1 Å². The number of nitriles is 1. The zero-order chi connectivity index (χ0) is 13.9. The molecule has 2 rings (SSSR count). The van der Waals surface area contributed by atoms with Crippen LogP contribution in [0.5, 0.6) is 0 Å². The van der Waals surface area contributed by atoms with Crippen molar-refractivity contribution in [2.24, 2.45) is 5.92 Å². The molecule has 0 radical (unpaired) electrons. The van der Waals surface area contributed by atoms with E-state index in [0.717, 1.165) is 38.0 Å². The van der Waals surface area contributed by atoms with Crippen molar-refractivity contribution in [3.63, 3.8) is 0 Å². The standard InChI is InChI=1S/C13H22N2O2S2/c1-19(16,17)13-10-18-8-7-15(13)12-6-4-2-3-5-11(12)9-14/h11-13H,2-8,10H2,1H3. The van der Waals surface area contributed by atoms with Crippen LogP contribution in [-0.4, -0.2) is 49.0 Å². The number of nitrogens with zero attached hydrogens (tertiary/aromatic N) is 2. The van der Waals surface area contributed by atoms with E-state index in [9.17, 15) is 13.7 Å². The minimum atomic E-state index is -3.07.